The quantitative estimate of drug-likeness (QED) is 0.387. The van der Waals surface area contributed by atoms with Crippen LogP contribution >= 0.6 is 0 Å². The SMILES string of the molecule is NC(=NCc1cccnc1OCC(F)F)NCCCN1CCOCC1. The molecule has 2 heterocycles. The van der Waals surface area contributed by atoms with Crippen molar-refractivity contribution in [2.75, 3.05) is 46.0 Å². The Balaban J connectivity index is 1.71. The summed E-state index contributed by atoms with van der Waals surface area (Å²) in [6.07, 6.45) is -0.107. The molecule has 0 aromatic carbocycles. The number of hydrogen-bond acceptors (Lipinski definition) is 5. The number of guanidine groups is 1. The van der Waals surface area contributed by atoms with Crippen molar-refractivity contribution < 1.29 is 18.3 Å². The highest BCUT2D eigenvalue weighted by Crippen LogP contribution is 2.16. The predicted octanol–water partition coefficient (Wildman–Crippen LogP) is 0.852. The first-order chi connectivity index (χ1) is 12.1. The Morgan fingerprint density at radius 3 is 3.00 bits per heavy atom. The van der Waals surface area contributed by atoms with Gasteiger partial charge in [0.1, 0.15) is 0 Å². The average molecular weight is 357 g/mol. The second-order valence-corrected chi connectivity index (χ2v) is 5.61. The van der Waals surface area contributed by atoms with Crippen LogP contribution in [0.5, 0.6) is 5.88 Å². The molecule has 1 fully saturated rings. The minimum absolute atomic E-state index is 0.159. The van der Waals surface area contributed by atoms with Gasteiger partial charge in [-0.05, 0) is 19.0 Å². The molecule has 0 bridgehead atoms. The van der Waals surface area contributed by atoms with E-state index in [9.17, 15) is 8.78 Å². The minimum atomic E-state index is -2.54. The summed E-state index contributed by atoms with van der Waals surface area (Å²) in [5, 5.41) is 3.05. The van der Waals surface area contributed by atoms with Crippen LogP contribution in [0.4, 0.5) is 8.78 Å². The highest BCUT2D eigenvalue weighted by atomic mass is 19.3. The van der Waals surface area contributed by atoms with Gasteiger partial charge in [0.2, 0.25) is 5.88 Å². The molecule has 0 saturated carbocycles. The number of pyridine rings is 1. The molecule has 2 rings (SSSR count). The van der Waals surface area contributed by atoms with Crippen LogP contribution < -0.4 is 15.8 Å². The molecule has 0 radical (unpaired) electrons. The summed E-state index contributed by atoms with van der Waals surface area (Å²) in [5.41, 5.74) is 6.45. The first kappa shape index (κ1) is 19.3. The lowest BCUT2D eigenvalue weighted by Gasteiger charge is -2.26. The number of rotatable bonds is 9. The summed E-state index contributed by atoms with van der Waals surface area (Å²) < 4.78 is 34.8. The van der Waals surface area contributed by atoms with Crippen molar-refractivity contribution >= 4 is 5.96 Å². The van der Waals surface area contributed by atoms with Gasteiger partial charge in [-0.15, -0.1) is 0 Å². The van der Waals surface area contributed by atoms with E-state index in [1.54, 1.807) is 12.1 Å². The van der Waals surface area contributed by atoms with Crippen molar-refractivity contribution in [2.24, 2.45) is 10.7 Å². The predicted molar refractivity (Wildman–Crippen MR) is 90.9 cm³/mol. The molecule has 0 spiro atoms. The van der Waals surface area contributed by atoms with Crippen LogP contribution in [0.25, 0.3) is 0 Å². The Morgan fingerprint density at radius 2 is 2.24 bits per heavy atom. The van der Waals surface area contributed by atoms with E-state index < -0.39 is 13.0 Å². The average Bonchev–Trinajstić information content (AvgIpc) is 2.63. The van der Waals surface area contributed by atoms with E-state index in [4.69, 9.17) is 15.2 Å². The Morgan fingerprint density at radius 1 is 1.44 bits per heavy atom. The van der Waals surface area contributed by atoms with Crippen LogP contribution in [0.1, 0.15) is 12.0 Å². The van der Waals surface area contributed by atoms with Crippen LogP contribution in [-0.2, 0) is 11.3 Å². The number of aromatic nitrogens is 1. The topological polar surface area (TPSA) is 85.0 Å². The molecular weight excluding hydrogens is 332 g/mol. The van der Waals surface area contributed by atoms with Gasteiger partial charge in [0.05, 0.1) is 19.8 Å². The van der Waals surface area contributed by atoms with Gasteiger partial charge in [0.15, 0.2) is 12.6 Å². The summed E-state index contributed by atoms with van der Waals surface area (Å²) in [7, 11) is 0. The van der Waals surface area contributed by atoms with Crippen molar-refractivity contribution in [3.05, 3.63) is 23.9 Å². The largest absolute Gasteiger partial charge is 0.471 e. The van der Waals surface area contributed by atoms with Crippen molar-refractivity contribution in [1.82, 2.24) is 15.2 Å². The van der Waals surface area contributed by atoms with E-state index >= 15 is 0 Å². The second-order valence-electron chi connectivity index (χ2n) is 5.61. The van der Waals surface area contributed by atoms with E-state index in [0.29, 0.717) is 18.1 Å². The van der Waals surface area contributed by atoms with Gasteiger partial charge in [-0.25, -0.2) is 18.8 Å². The Labute approximate surface area is 146 Å². The maximum atomic E-state index is 12.3. The van der Waals surface area contributed by atoms with E-state index in [1.807, 2.05) is 0 Å². The number of hydrogen-bond donors (Lipinski definition) is 2. The minimum Gasteiger partial charge on any atom is -0.471 e. The van der Waals surface area contributed by atoms with Crippen molar-refractivity contribution in [3.63, 3.8) is 0 Å². The normalized spacial score (nSPS) is 16.2. The third kappa shape index (κ3) is 7.61. The zero-order valence-corrected chi connectivity index (χ0v) is 14.2. The molecule has 1 aromatic heterocycles. The fourth-order valence-corrected chi connectivity index (χ4v) is 2.39. The Bertz CT molecular complexity index is 539. The first-order valence-electron chi connectivity index (χ1n) is 8.34. The van der Waals surface area contributed by atoms with Gasteiger partial charge in [0.25, 0.3) is 6.43 Å². The van der Waals surface area contributed by atoms with Crippen molar-refractivity contribution in [3.8, 4) is 5.88 Å². The van der Waals surface area contributed by atoms with Gasteiger partial charge < -0.3 is 20.5 Å². The molecule has 7 nitrogen and oxygen atoms in total. The molecule has 9 heteroatoms. The fraction of sp³-hybridized carbons (Fsp3) is 0.625. The maximum Gasteiger partial charge on any atom is 0.272 e. The molecule has 1 aliphatic rings. The number of nitrogens with one attached hydrogen (secondary N) is 1. The summed E-state index contributed by atoms with van der Waals surface area (Å²) in [6.45, 7) is 4.73. The highest BCUT2D eigenvalue weighted by Gasteiger charge is 2.10. The monoisotopic (exact) mass is 357 g/mol. The highest BCUT2D eigenvalue weighted by molar-refractivity contribution is 5.77. The van der Waals surface area contributed by atoms with Crippen LogP contribution in [-0.4, -0.2) is 68.3 Å². The summed E-state index contributed by atoms with van der Waals surface area (Å²) in [6, 6.07) is 3.43. The molecule has 3 N–H and O–H groups in total. The zero-order chi connectivity index (χ0) is 17.9. The van der Waals surface area contributed by atoms with Gasteiger partial charge in [-0.3, -0.25) is 4.90 Å². The van der Waals surface area contributed by atoms with E-state index in [2.05, 4.69) is 20.2 Å². The third-order valence-electron chi connectivity index (χ3n) is 3.68. The molecule has 1 aliphatic heterocycles. The van der Waals surface area contributed by atoms with Gasteiger partial charge in [-0.1, -0.05) is 6.07 Å². The van der Waals surface area contributed by atoms with Crippen molar-refractivity contribution in [1.29, 1.82) is 0 Å². The standard InChI is InChI=1S/C16H25F2N5O2/c17-14(18)12-25-15-13(3-1-4-20-15)11-22-16(19)21-5-2-6-23-7-9-24-10-8-23/h1,3-4,14H,2,5-12H2,(H3,19,21,22). The number of halogens is 2. The molecule has 0 unspecified atom stereocenters. The van der Waals surface area contributed by atoms with Crippen LogP contribution in [0, 0.1) is 0 Å². The maximum absolute atomic E-state index is 12.3. The Kier molecular flexibility index (Phi) is 8.33. The molecular formula is C16H25F2N5O2. The number of nitrogens with two attached hydrogens (primary N) is 1. The molecule has 0 amide bonds. The van der Waals surface area contributed by atoms with Crippen LogP contribution in [0.3, 0.4) is 0 Å². The van der Waals surface area contributed by atoms with Gasteiger partial charge in [-0.2, -0.15) is 0 Å². The summed E-state index contributed by atoms with van der Waals surface area (Å²) >= 11 is 0. The number of morpholine rings is 1. The lowest BCUT2D eigenvalue weighted by molar-refractivity contribution is 0.0376. The lowest BCUT2D eigenvalue weighted by atomic mass is 10.3. The first-order valence-corrected chi connectivity index (χ1v) is 8.34. The van der Waals surface area contributed by atoms with E-state index in [-0.39, 0.29) is 12.4 Å². The summed E-state index contributed by atoms with van der Waals surface area (Å²) in [5.74, 6) is 0.470. The molecule has 0 aliphatic carbocycles. The lowest BCUT2D eigenvalue weighted by Crippen LogP contribution is -2.39. The number of aliphatic imine (C=N–C) groups is 1. The second kappa shape index (κ2) is 10.8. The van der Waals surface area contributed by atoms with E-state index in [0.717, 1.165) is 39.3 Å². The number of ether oxygens (including phenoxy) is 2. The van der Waals surface area contributed by atoms with Gasteiger partial charge in [0, 0.05) is 31.4 Å². The number of alkyl halides is 2. The molecule has 140 valence electrons. The van der Waals surface area contributed by atoms with Crippen LogP contribution in [0.15, 0.2) is 23.3 Å². The fourth-order valence-electron chi connectivity index (χ4n) is 2.39. The number of nitrogens with zero attached hydrogens (tertiary/aromatic N) is 3. The van der Waals surface area contributed by atoms with Crippen LogP contribution in [0.2, 0.25) is 0 Å². The molecule has 25 heavy (non-hydrogen) atoms. The summed E-state index contributed by atoms with van der Waals surface area (Å²) in [4.78, 5) is 10.5. The molecule has 1 aromatic rings. The molecule has 1 saturated heterocycles. The smallest absolute Gasteiger partial charge is 0.272 e. The zero-order valence-electron chi connectivity index (χ0n) is 14.2. The Hall–Kier alpha value is -2.00. The van der Waals surface area contributed by atoms with Crippen molar-refractivity contribution in [2.45, 2.75) is 19.4 Å². The van der Waals surface area contributed by atoms with E-state index in [1.165, 1.54) is 6.20 Å². The van der Waals surface area contributed by atoms with Gasteiger partial charge >= 0.3 is 0 Å². The molecule has 0 atom stereocenters. The third-order valence-corrected chi connectivity index (χ3v) is 3.68.